The number of halogens is 2. The second kappa shape index (κ2) is 5.00. The molecule has 1 aliphatic heterocycles. The summed E-state index contributed by atoms with van der Waals surface area (Å²) in [7, 11) is -3.09. The molecule has 0 spiro atoms. The summed E-state index contributed by atoms with van der Waals surface area (Å²) < 4.78 is 49.9. The number of aryl methyl sites for hydroxylation is 1. The first-order valence-electron chi connectivity index (χ1n) is 5.98. The van der Waals surface area contributed by atoms with Crippen molar-refractivity contribution in [3.05, 3.63) is 34.9 Å². The number of sulfone groups is 1. The normalized spacial score (nSPS) is 21.5. The summed E-state index contributed by atoms with van der Waals surface area (Å²) in [5, 5.41) is 0. The van der Waals surface area contributed by atoms with Gasteiger partial charge < -0.3 is 0 Å². The summed E-state index contributed by atoms with van der Waals surface area (Å²) in [5.41, 5.74) is -0.354. The molecule has 0 aromatic heterocycles. The average Bonchev–Trinajstić information content (AvgIpc) is 2.64. The molecule has 104 valence electrons. The Labute approximate surface area is 110 Å². The number of hydrogen-bond acceptors (Lipinski definition) is 3. The highest BCUT2D eigenvalue weighted by Crippen LogP contribution is 2.25. The first-order valence-corrected chi connectivity index (χ1v) is 7.80. The minimum Gasteiger partial charge on any atom is -0.294 e. The molecule has 0 saturated carbocycles. The van der Waals surface area contributed by atoms with Gasteiger partial charge in [-0.2, -0.15) is 0 Å². The van der Waals surface area contributed by atoms with Crippen LogP contribution in [0.1, 0.15) is 28.8 Å². The van der Waals surface area contributed by atoms with Crippen molar-refractivity contribution >= 4 is 15.6 Å². The molecule has 0 aliphatic carbocycles. The lowest BCUT2D eigenvalue weighted by atomic mass is 9.96. The maximum Gasteiger partial charge on any atom is 0.169 e. The fourth-order valence-corrected chi connectivity index (χ4v) is 4.17. The van der Waals surface area contributed by atoms with Crippen LogP contribution in [0.25, 0.3) is 0 Å². The van der Waals surface area contributed by atoms with Crippen LogP contribution in [0.3, 0.4) is 0 Å². The average molecular weight is 288 g/mol. The van der Waals surface area contributed by atoms with Crippen LogP contribution in [0.4, 0.5) is 8.78 Å². The molecule has 2 rings (SSSR count). The van der Waals surface area contributed by atoms with Crippen molar-refractivity contribution in [3.63, 3.8) is 0 Å². The van der Waals surface area contributed by atoms with Gasteiger partial charge in [-0.25, -0.2) is 17.2 Å². The van der Waals surface area contributed by atoms with E-state index in [0.717, 1.165) is 6.07 Å². The van der Waals surface area contributed by atoms with Gasteiger partial charge in [0.25, 0.3) is 0 Å². The SMILES string of the molecule is Cc1ccc(F)c(C(=O)CC2CCS(=O)(=O)C2)c1F. The van der Waals surface area contributed by atoms with Gasteiger partial charge in [-0.05, 0) is 30.9 Å². The van der Waals surface area contributed by atoms with E-state index >= 15 is 0 Å². The standard InChI is InChI=1S/C13H14F2O3S/c1-8-2-3-10(14)12(13(8)15)11(16)6-9-4-5-19(17,18)7-9/h2-3,9H,4-7H2,1H3. The van der Waals surface area contributed by atoms with Gasteiger partial charge in [0.1, 0.15) is 11.6 Å². The minimum atomic E-state index is -3.09. The van der Waals surface area contributed by atoms with Crippen LogP contribution in [0.15, 0.2) is 12.1 Å². The van der Waals surface area contributed by atoms with Crippen LogP contribution < -0.4 is 0 Å². The quantitative estimate of drug-likeness (QED) is 0.802. The topological polar surface area (TPSA) is 51.2 Å². The van der Waals surface area contributed by atoms with Crippen LogP contribution in [-0.4, -0.2) is 25.7 Å². The molecule has 19 heavy (non-hydrogen) atoms. The molecule has 1 aromatic rings. The first-order chi connectivity index (χ1) is 8.80. The molecule has 1 atom stereocenters. The number of carbonyl (C=O) groups is 1. The van der Waals surface area contributed by atoms with Crippen molar-refractivity contribution in [2.75, 3.05) is 11.5 Å². The Bertz CT molecular complexity index is 623. The van der Waals surface area contributed by atoms with E-state index in [1.165, 1.54) is 13.0 Å². The zero-order valence-electron chi connectivity index (χ0n) is 10.4. The number of rotatable bonds is 3. The number of ketones is 1. The maximum atomic E-state index is 13.8. The van der Waals surface area contributed by atoms with E-state index in [1.54, 1.807) is 0 Å². The molecule has 6 heteroatoms. The smallest absolute Gasteiger partial charge is 0.169 e. The molecule has 0 bridgehead atoms. The monoisotopic (exact) mass is 288 g/mol. The van der Waals surface area contributed by atoms with Crippen molar-refractivity contribution in [2.45, 2.75) is 19.8 Å². The molecule has 0 radical (unpaired) electrons. The van der Waals surface area contributed by atoms with Crippen molar-refractivity contribution in [2.24, 2.45) is 5.92 Å². The summed E-state index contributed by atoms with van der Waals surface area (Å²) in [6.07, 6.45) is 0.250. The minimum absolute atomic E-state index is 0.0454. The Morgan fingerprint density at radius 3 is 2.63 bits per heavy atom. The van der Waals surface area contributed by atoms with E-state index in [0.29, 0.717) is 6.42 Å². The third-order valence-corrected chi connectivity index (χ3v) is 5.20. The lowest BCUT2D eigenvalue weighted by Crippen LogP contribution is -2.14. The molecule has 1 unspecified atom stereocenters. The number of Topliss-reactive ketones (excluding diaryl/α,β-unsaturated/α-hetero) is 1. The Kier molecular flexibility index (Phi) is 3.71. The Morgan fingerprint density at radius 1 is 1.37 bits per heavy atom. The van der Waals surface area contributed by atoms with Crippen LogP contribution in [0.2, 0.25) is 0 Å². The van der Waals surface area contributed by atoms with Crippen molar-refractivity contribution in [3.8, 4) is 0 Å². The predicted octanol–water partition coefficient (Wildman–Crippen LogP) is 2.28. The molecule has 1 aromatic carbocycles. The molecule has 3 nitrogen and oxygen atoms in total. The van der Waals surface area contributed by atoms with Gasteiger partial charge in [0, 0.05) is 6.42 Å². The second-order valence-electron chi connectivity index (χ2n) is 4.95. The zero-order valence-corrected chi connectivity index (χ0v) is 11.3. The summed E-state index contributed by atoms with van der Waals surface area (Å²) >= 11 is 0. The van der Waals surface area contributed by atoms with Gasteiger partial charge >= 0.3 is 0 Å². The Morgan fingerprint density at radius 2 is 2.05 bits per heavy atom. The number of hydrogen-bond donors (Lipinski definition) is 0. The number of benzene rings is 1. The van der Waals surface area contributed by atoms with Crippen molar-refractivity contribution in [1.82, 2.24) is 0 Å². The van der Waals surface area contributed by atoms with E-state index in [1.807, 2.05) is 0 Å². The third kappa shape index (κ3) is 3.00. The van der Waals surface area contributed by atoms with Gasteiger partial charge in [0.15, 0.2) is 15.6 Å². The largest absolute Gasteiger partial charge is 0.294 e. The Balaban J connectivity index is 2.20. The van der Waals surface area contributed by atoms with Crippen molar-refractivity contribution < 1.29 is 22.0 Å². The van der Waals surface area contributed by atoms with E-state index in [-0.39, 0.29) is 29.4 Å². The van der Waals surface area contributed by atoms with Gasteiger partial charge in [-0.3, -0.25) is 4.79 Å². The summed E-state index contributed by atoms with van der Waals surface area (Å²) in [6.45, 7) is 1.45. The van der Waals surface area contributed by atoms with Gasteiger partial charge in [0.2, 0.25) is 0 Å². The van der Waals surface area contributed by atoms with Gasteiger partial charge in [0.05, 0.1) is 17.1 Å². The third-order valence-electron chi connectivity index (χ3n) is 3.36. The second-order valence-corrected chi connectivity index (χ2v) is 7.18. The van der Waals surface area contributed by atoms with Gasteiger partial charge in [-0.15, -0.1) is 0 Å². The molecule has 1 saturated heterocycles. The molecule has 1 aliphatic rings. The lowest BCUT2D eigenvalue weighted by Gasteiger charge is -2.09. The molecule has 1 fully saturated rings. The first kappa shape index (κ1) is 14.1. The molecule has 0 amide bonds. The molecular formula is C13H14F2O3S. The zero-order chi connectivity index (χ0) is 14.2. The van der Waals surface area contributed by atoms with Gasteiger partial charge in [-0.1, -0.05) is 6.07 Å². The molecule has 0 N–H and O–H groups in total. The predicted molar refractivity (Wildman–Crippen MR) is 66.8 cm³/mol. The molecular weight excluding hydrogens is 274 g/mol. The fraction of sp³-hybridized carbons (Fsp3) is 0.462. The Hall–Kier alpha value is -1.30. The fourth-order valence-electron chi connectivity index (χ4n) is 2.31. The van der Waals surface area contributed by atoms with Crippen molar-refractivity contribution in [1.29, 1.82) is 0 Å². The number of carbonyl (C=O) groups excluding carboxylic acids is 1. The lowest BCUT2D eigenvalue weighted by molar-refractivity contribution is 0.0957. The van der Waals surface area contributed by atoms with Crippen LogP contribution in [0, 0.1) is 24.5 Å². The maximum absolute atomic E-state index is 13.8. The molecule has 1 heterocycles. The van der Waals surface area contributed by atoms with Crippen LogP contribution in [0.5, 0.6) is 0 Å². The summed E-state index contributed by atoms with van der Waals surface area (Å²) in [4.78, 5) is 11.9. The highest BCUT2D eigenvalue weighted by atomic mass is 32.2. The highest BCUT2D eigenvalue weighted by Gasteiger charge is 2.31. The summed E-state index contributed by atoms with van der Waals surface area (Å²) in [6, 6.07) is 2.32. The van der Waals surface area contributed by atoms with E-state index in [9.17, 15) is 22.0 Å². The van der Waals surface area contributed by atoms with E-state index < -0.39 is 32.8 Å². The summed E-state index contributed by atoms with van der Waals surface area (Å²) in [5.74, 6) is -2.78. The highest BCUT2D eigenvalue weighted by molar-refractivity contribution is 7.91. The van der Waals surface area contributed by atoms with Crippen LogP contribution in [-0.2, 0) is 9.84 Å². The van der Waals surface area contributed by atoms with E-state index in [4.69, 9.17) is 0 Å². The van der Waals surface area contributed by atoms with Crippen LogP contribution >= 0.6 is 0 Å². The van der Waals surface area contributed by atoms with E-state index in [2.05, 4.69) is 0 Å².